The Morgan fingerprint density at radius 2 is 1.82 bits per heavy atom. The maximum absolute atomic E-state index is 14.6. The Kier molecular flexibility index (Phi) is 7.18. The van der Waals surface area contributed by atoms with Crippen molar-refractivity contribution < 1.29 is 23.8 Å². The van der Waals surface area contributed by atoms with E-state index in [9.17, 15) is 9.18 Å². The van der Waals surface area contributed by atoms with Gasteiger partial charge in [0.2, 0.25) is 5.95 Å². The number of benzene rings is 1. The number of carboxylic acids is 1. The van der Waals surface area contributed by atoms with E-state index in [-0.39, 0.29) is 28.9 Å². The van der Waals surface area contributed by atoms with Crippen LogP contribution in [0.3, 0.4) is 0 Å². The van der Waals surface area contributed by atoms with E-state index in [0.29, 0.717) is 30.0 Å². The van der Waals surface area contributed by atoms with Crippen LogP contribution in [0.2, 0.25) is 0 Å². The number of nitrogens with zero attached hydrogens (tertiary/aromatic N) is 3. The van der Waals surface area contributed by atoms with E-state index in [1.54, 1.807) is 38.6 Å². The molecule has 0 bridgehead atoms. The molecule has 0 aliphatic carbocycles. The lowest BCUT2D eigenvalue weighted by atomic mass is 9.77. The number of aliphatic carboxylic acids is 1. The topological polar surface area (TPSA) is 109 Å². The average Bonchev–Trinajstić information content (AvgIpc) is 2.74. The Bertz CT molecular complexity index is 1060. The number of ether oxygens (including phenoxy) is 2. The summed E-state index contributed by atoms with van der Waals surface area (Å²) in [6.45, 7) is 8.15. The van der Waals surface area contributed by atoms with Crippen molar-refractivity contribution in [1.82, 2.24) is 14.9 Å². The van der Waals surface area contributed by atoms with Crippen LogP contribution in [-0.2, 0) is 4.79 Å². The Balaban J connectivity index is 1.79. The Morgan fingerprint density at radius 3 is 2.41 bits per heavy atom. The van der Waals surface area contributed by atoms with Gasteiger partial charge in [0.15, 0.2) is 23.1 Å². The fraction of sp³-hybridized carbons (Fsp3) is 0.458. The number of hydrogen-bond acceptors (Lipinski definition) is 8. The van der Waals surface area contributed by atoms with Crippen molar-refractivity contribution in [2.45, 2.75) is 57.7 Å². The molecule has 1 saturated heterocycles. The number of hydrogen-bond donors (Lipinski definition) is 3. The van der Waals surface area contributed by atoms with Gasteiger partial charge in [0.05, 0.1) is 20.4 Å². The summed E-state index contributed by atoms with van der Waals surface area (Å²) in [4.78, 5) is 21.5. The third-order valence-corrected chi connectivity index (χ3v) is 5.89. The van der Waals surface area contributed by atoms with Gasteiger partial charge in [0.1, 0.15) is 0 Å². The van der Waals surface area contributed by atoms with Gasteiger partial charge >= 0.3 is 5.97 Å². The molecule has 3 N–H and O–H groups in total. The molecule has 1 aliphatic rings. The van der Waals surface area contributed by atoms with Crippen LogP contribution in [0, 0.1) is 5.82 Å². The van der Waals surface area contributed by atoms with E-state index >= 15 is 0 Å². The molecule has 3 rings (SSSR count). The van der Waals surface area contributed by atoms with Crippen molar-refractivity contribution in [3.8, 4) is 11.5 Å². The molecule has 34 heavy (non-hydrogen) atoms. The average molecular weight is 474 g/mol. The highest BCUT2D eigenvalue weighted by Gasteiger charge is 2.44. The summed E-state index contributed by atoms with van der Waals surface area (Å²) < 4.78 is 25.2. The lowest BCUT2D eigenvalue weighted by Gasteiger charge is -2.55. The highest BCUT2D eigenvalue weighted by Crippen LogP contribution is 2.40. The Hall–Kier alpha value is -3.56. The van der Waals surface area contributed by atoms with Crippen LogP contribution in [0.1, 0.15) is 40.5 Å². The minimum Gasteiger partial charge on any atom is -0.493 e. The SMILES string of the molecule is COc1ccc(Nc2ncc(F)c(NC3CC(C)(C)N(/C=C/C(=O)O)C(C)(C)C3)n2)cc1OC. The summed E-state index contributed by atoms with van der Waals surface area (Å²) >= 11 is 0. The van der Waals surface area contributed by atoms with Gasteiger partial charge in [-0.2, -0.15) is 4.98 Å². The first-order chi connectivity index (χ1) is 15.9. The van der Waals surface area contributed by atoms with Crippen molar-refractivity contribution in [3.05, 3.63) is 42.5 Å². The second-order valence-electron chi connectivity index (χ2n) is 9.48. The van der Waals surface area contributed by atoms with Crippen LogP contribution in [0.5, 0.6) is 11.5 Å². The third kappa shape index (κ3) is 5.67. The number of aromatic nitrogens is 2. The second kappa shape index (κ2) is 9.74. The molecule has 1 fully saturated rings. The van der Waals surface area contributed by atoms with Crippen LogP contribution >= 0.6 is 0 Å². The predicted octanol–water partition coefficient (Wildman–Crippen LogP) is 4.41. The Labute approximate surface area is 199 Å². The summed E-state index contributed by atoms with van der Waals surface area (Å²) in [5.41, 5.74) is -0.0680. The molecule has 184 valence electrons. The number of rotatable bonds is 8. The van der Waals surface area contributed by atoms with E-state index in [0.717, 1.165) is 12.3 Å². The molecule has 0 amide bonds. The number of halogens is 1. The lowest BCUT2D eigenvalue weighted by Crippen LogP contribution is -2.60. The van der Waals surface area contributed by atoms with Crippen LogP contribution < -0.4 is 20.1 Å². The van der Waals surface area contributed by atoms with Gasteiger partial charge in [-0.15, -0.1) is 0 Å². The van der Waals surface area contributed by atoms with Gasteiger partial charge in [0.25, 0.3) is 0 Å². The van der Waals surface area contributed by atoms with E-state index in [1.165, 1.54) is 0 Å². The number of methoxy groups -OCH3 is 2. The molecular weight excluding hydrogens is 441 g/mol. The highest BCUT2D eigenvalue weighted by molar-refractivity contribution is 5.79. The van der Waals surface area contributed by atoms with Crippen LogP contribution in [0.15, 0.2) is 36.7 Å². The molecule has 10 heteroatoms. The second-order valence-corrected chi connectivity index (χ2v) is 9.48. The molecule has 2 heterocycles. The van der Waals surface area contributed by atoms with Crippen molar-refractivity contribution in [2.24, 2.45) is 0 Å². The number of anilines is 3. The summed E-state index contributed by atoms with van der Waals surface area (Å²) in [6.07, 6.45) is 5.20. The van der Waals surface area contributed by atoms with E-state index in [1.807, 2.05) is 32.6 Å². The number of likely N-dealkylation sites (tertiary alicyclic amines) is 1. The quantitative estimate of drug-likeness (QED) is 0.480. The van der Waals surface area contributed by atoms with Crippen LogP contribution in [0.4, 0.5) is 21.8 Å². The number of nitrogens with one attached hydrogen (secondary N) is 2. The van der Waals surface area contributed by atoms with Crippen molar-refractivity contribution in [3.63, 3.8) is 0 Å². The standard InChI is InChI=1S/C24H32FN5O4/c1-23(2)12-16(13-24(3,4)30(23)10-9-20(31)32)27-21-17(25)14-26-22(29-21)28-15-7-8-18(33-5)19(11-15)34-6/h7-11,14,16H,12-13H2,1-6H3,(H,31,32)(H2,26,27,28,29)/b10-9+. The van der Waals surface area contributed by atoms with Gasteiger partial charge in [0, 0.05) is 41.1 Å². The molecular formula is C24H32FN5O4. The first-order valence-electron chi connectivity index (χ1n) is 10.9. The van der Waals surface area contributed by atoms with Gasteiger partial charge in [-0.1, -0.05) is 0 Å². The zero-order chi connectivity index (χ0) is 25.1. The van der Waals surface area contributed by atoms with E-state index < -0.39 is 11.8 Å². The molecule has 0 spiro atoms. The molecule has 0 radical (unpaired) electrons. The smallest absolute Gasteiger partial charge is 0.329 e. The molecule has 0 saturated carbocycles. The summed E-state index contributed by atoms with van der Waals surface area (Å²) in [7, 11) is 3.10. The van der Waals surface area contributed by atoms with Gasteiger partial charge < -0.3 is 30.1 Å². The minimum absolute atomic E-state index is 0.0854. The number of carboxylic acid groups (broad SMARTS) is 1. The molecule has 0 unspecified atom stereocenters. The first-order valence-corrected chi connectivity index (χ1v) is 10.9. The Morgan fingerprint density at radius 1 is 1.18 bits per heavy atom. The first kappa shape index (κ1) is 25.1. The van der Waals surface area contributed by atoms with E-state index in [4.69, 9.17) is 14.6 Å². The van der Waals surface area contributed by atoms with Gasteiger partial charge in [-0.05, 0) is 52.7 Å². The van der Waals surface area contributed by atoms with Crippen LogP contribution in [0.25, 0.3) is 0 Å². The zero-order valence-electron chi connectivity index (χ0n) is 20.3. The summed E-state index contributed by atoms with van der Waals surface area (Å²) in [6, 6.07) is 5.19. The normalized spacial score (nSPS) is 17.4. The van der Waals surface area contributed by atoms with E-state index in [2.05, 4.69) is 20.6 Å². The highest BCUT2D eigenvalue weighted by atomic mass is 19.1. The van der Waals surface area contributed by atoms with Crippen LogP contribution in [-0.4, -0.2) is 57.3 Å². The third-order valence-electron chi connectivity index (χ3n) is 5.89. The maximum atomic E-state index is 14.6. The summed E-state index contributed by atoms with van der Waals surface area (Å²) in [5.74, 6) is -0.0852. The molecule has 2 aromatic rings. The minimum atomic E-state index is -0.996. The maximum Gasteiger partial charge on any atom is 0.329 e. The summed E-state index contributed by atoms with van der Waals surface area (Å²) in [5, 5.41) is 15.3. The number of piperidine rings is 1. The largest absolute Gasteiger partial charge is 0.493 e. The van der Waals surface area contributed by atoms with Gasteiger partial charge in [-0.3, -0.25) is 0 Å². The van der Waals surface area contributed by atoms with Crippen molar-refractivity contribution in [1.29, 1.82) is 0 Å². The molecule has 0 atom stereocenters. The zero-order valence-corrected chi connectivity index (χ0v) is 20.3. The van der Waals surface area contributed by atoms with Gasteiger partial charge in [-0.25, -0.2) is 14.2 Å². The van der Waals surface area contributed by atoms with Crippen molar-refractivity contribution >= 4 is 23.4 Å². The van der Waals surface area contributed by atoms with Crippen molar-refractivity contribution in [2.75, 3.05) is 24.9 Å². The lowest BCUT2D eigenvalue weighted by molar-refractivity contribution is -0.131. The fourth-order valence-electron chi connectivity index (χ4n) is 4.70. The predicted molar refractivity (Wildman–Crippen MR) is 128 cm³/mol. The molecule has 1 aromatic carbocycles. The number of carbonyl (C=O) groups is 1. The molecule has 1 aromatic heterocycles. The molecule has 9 nitrogen and oxygen atoms in total. The monoisotopic (exact) mass is 473 g/mol. The fourth-order valence-corrected chi connectivity index (χ4v) is 4.70. The molecule has 1 aliphatic heterocycles.